The van der Waals surface area contributed by atoms with Gasteiger partial charge in [0.25, 0.3) is 0 Å². The zero-order valence-corrected chi connectivity index (χ0v) is 24.8. The highest BCUT2D eigenvalue weighted by Crippen LogP contribution is 2.39. The Labute approximate surface area is 250 Å². The van der Waals surface area contributed by atoms with Gasteiger partial charge in [0.1, 0.15) is 17.8 Å². The number of nitrogens with one attached hydrogen (secondary N) is 1. The van der Waals surface area contributed by atoms with Crippen molar-refractivity contribution >= 4 is 51.0 Å². The van der Waals surface area contributed by atoms with E-state index in [1.807, 2.05) is 37.4 Å². The summed E-state index contributed by atoms with van der Waals surface area (Å²) in [6.07, 6.45) is 10.4. The van der Waals surface area contributed by atoms with Gasteiger partial charge >= 0.3 is 0 Å². The highest BCUT2D eigenvalue weighted by atomic mass is 35.5. The van der Waals surface area contributed by atoms with Gasteiger partial charge in [-0.2, -0.15) is 0 Å². The molecule has 4 heterocycles. The van der Waals surface area contributed by atoms with E-state index in [9.17, 15) is 0 Å². The first kappa shape index (κ1) is 27.1. The lowest BCUT2D eigenvalue weighted by Crippen LogP contribution is -2.49. The van der Waals surface area contributed by atoms with Crippen LogP contribution in [-0.2, 0) is 0 Å². The van der Waals surface area contributed by atoms with Crippen LogP contribution >= 0.6 is 11.6 Å². The van der Waals surface area contributed by atoms with Crippen molar-refractivity contribution in [3.63, 3.8) is 0 Å². The van der Waals surface area contributed by atoms with Crippen molar-refractivity contribution in [3.05, 3.63) is 65.7 Å². The van der Waals surface area contributed by atoms with Crippen molar-refractivity contribution in [2.24, 2.45) is 0 Å². The monoisotopic (exact) mass is 581 g/mol. The zero-order valence-electron chi connectivity index (χ0n) is 24.1. The lowest BCUT2D eigenvalue weighted by atomic mass is 9.89. The van der Waals surface area contributed by atoms with Crippen LogP contribution in [0.4, 0.5) is 17.5 Å². The van der Waals surface area contributed by atoms with Gasteiger partial charge in [-0.05, 0) is 75.0 Å². The number of benzene rings is 2. The Hall–Kier alpha value is -3.79. The van der Waals surface area contributed by atoms with Gasteiger partial charge in [-0.3, -0.25) is 4.90 Å². The largest absolute Gasteiger partial charge is 0.383 e. The molecule has 42 heavy (non-hydrogen) atoms. The molecule has 10 heteroatoms. The first-order chi connectivity index (χ1) is 20.4. The van der Waals surface area contributed by atoms with E-state index >= 15 is 0 Å². The van der Waals surface area contributed by atoms with Crippen LogP contribution < -0.4 is 11.1 Å². The number of nitrogens with zero attached hydrogens (tertiary/aromatic N) is 7. The standard InChI is InChI=1S/C32H36ClN9/c1-20-25-17-35-32(39-28(25)12-11-27(20)33)38-22-5-3-21(4-6-22)26-18-42(31-29(26)30(34)36-19-37-31)24-9-7-23(8-10-24)41-15-13-40(2)14-16-41/h3-6,11-12,17-19,23-24H,7-10,13-16H2,1-2H3,(H2,34,36,37)(H,35,38,39)/t23-,24-. The Morgan fingerprint density at radius 1 is 0.905 bits per heavy atom. The summed E-state index contributed by atoms with van der Waals surface area (Å²) in [6.45, 7) is 6.67. The van der Waals surface area contributed by atoms with Gasteiger partial charge in [-0.15, -0.1) is 0 Å². The van der Waals surface area contributed by atoms with Crippen LogP contribution in [0, 0.1) is 6.92 Å². The van der Waals surface area contributed by atoms with Crippen LogP contribution in [0.2, 0.25) is 5.02 Å². The average molecular weight is 582 g/mol. The zero-order chi connectivity index (χ0) is 28.8. The Kier molecular flexibility index (Phi) is 7.17. The number of rotatable bonds is 5. The Balaban J connectivity index is 1.12. The number of aromatic nitrogens is 5. The molecule has 1 aliphatic heterocycles. The van der Waals surface area contributed by atoms with E-state index in [-0.39, 0.29) is 0 Å². The van der Waals surface area contributed by atoms with Crippen LogP contribution in [0.3, 0.4) is 0 Å². The number of halogens is 1. The summed E-state index contributed by atoms with van der Waals surface area (Å²) in [5.74, 6) is 1.06. The molecule has 0 radical (unpaired) electrons. The van der Waals surface area contributed by atoms with E-state index in [0.29, 0.717) is 28.9 Å². The Morgan fingerprint density at radius 3 is 2.40 bits per heavy atom. The molecule has 0 unspecified atom stereocenters. The summed E-state index contributed by atoms with van der Waals surface area (Å²) >= 11 is 6.26. The lowest BCUT2D eigenvalue weighted by molar-refractivity contribution is 0.0828. The second-order valence-electron chi connectivity index (χ2n) is 11.7. The smallest absolute Gasteiger partial charge is 0.227 e. The van der Waals surface area contributed by atoms with Crippen molar-refractivity contribution in [2.75, 3.05) is 44.3 Å². The van der Waals surface area contributed by atoms with Crippen molar-refractivity contribution in [3.8, 4) is 11.1 Å². The van der Waals surface area contributed by atoms with E-state index < -0.39 is 0 Å². The van der Waals surface area contributed by atoms with Gasteiger partial charge in [-0.1, -0.05) is 23.7 Å². The molecule has 0 bridgehead atoms. The maximum atomic E-state index is 6.45. The maximum Gasteiger partial charge on any atom is 0.227 e. The summed E-state index contributed by atoms with van der Waals surface area (Å²) in [6, 6.07) is 13.2. The molecule has 2 aliphatic rings. The quantitative estimate of drug-likeness (QED) is 0.258. The molecular weight excluding hydrogens is 546 g/mol. The highest BCUT2D eigenvalue weighted by molar-refractivity contribution is 6.32. The fourth-order valence-corrected chi connectivity index (χ4v) is 6.80. The predicted molar refractivity (Wildman–Crippen MR) is 170 cm³/mol. The Bertz CT molecular complexity index is 1730. The van der Waals surface area contributed by atoms with Gasteiger partial charge in [0.2, 0.25) is 5.95 Å². The van der Waals surface area contributed by atoms with E-state index in [2.05, 4.69) is 60.0 Å². The summed E-state index contributed by atoms with van der Waals surface area (Å²) in [4.78, 5) is 23.4. The minimum absolute atomic E-state index is 0.406. The molecule has 7 rings (SSSR count). The van der Waals surface area contributed by atoms with Crippen LogP contribution in [0.5, 0.6) is 0 Å². The molecule has 1 saturated carbocycles. The van der Waals surface area contributed by atoms with Gasteiger partial charge in [-0.25, -0.2) is 19.9 Å². The van der Waals surface area contributed by atoms with Crippen LogP contribution in [0.25, 0.3) is 33.1 Å². The number of hydrogen-bond acceptors (Lipinski definition) is 8. The molecular formula is C32H36ClN9. The highest BCUT2D eigenvalue weighted by Gasteiger charge is 2.30. The SMILES string of the molecule is Cc1c(Cl)ccc2nc(Nc3ccc(-c4cn([C@H]5CC[C@H](N6CCN(C)CC6)CC5)c5ncnc(N)c45)cc3)ncc12. The summed E-state index contributed by atoms with van der Waals surface area (Å²) in [5.41, 5.74) is 12.2. The lowest BCUT2D eigenvalue weighted by Gasteiger charge is -2.41. The molecule has 0 amide bonds. The second kappa shape index (κ2) is 11.1. The number of nitrogen functional groups attached to an aromatic ring is 1. The number of piperazine rings is 1. The second-order valence-corrected chi connectivity index (χ2v) is 12.1. The predicted octanol–water partition coefficient (Wildman–Crippen LogP) is 6.06. The summed E-state index contributed by atoms with van der Waals surface area (Å²) < 4.78 is 2.35. The van der Waals surface area contributed by atoms with Crippen molar-refractivity contribution < 1.29 is 0 Å². The number of anilines is 3. The molecule has 0 atom stereocenters. The molecule has 3 N–H and O–H groups in total. The molecule has 1 saturated heterocycles. The first-order valence-corrected chi connectivity index (χ1v) is 15.2. The molecule has 2 aromatic carbocycles. The fourth-order valence-electron chi connectivity index (χ4n) is 6.63. The Morgan fingerprint density at radius 2 is 1.64 bits per heavy atom. The van der Waals surface area contributed by atoms with Crippen molar-refractivity contribution in [2.45, 2.75) is 44.7 Å². The molecule has 9 nitrogen and oxygen atoms in total. The maximum absolute atomic E-state index is 6.45. The number of nitrogens with two attached hydrogens (primary N) is 1. The topological polar surface area (TPSA) is 101 Å². The van der Waals surface area contributed by atoms with Gasteiger partial charge in [0.05, 0.1) is 10.9 Å². The number of aryl methyl sites for hydroxylation is 1. The van der Waals surface area contributed by atoms with E-state index in [1.54, 1.807) is 6.33 Å². The summed E-state index contributed by atoms with van der Waals surface area (Å²) in [7, 11) is 2.22. The minimum Gasteiger partial charge on any atom is -0.383 e. The molecule has 5 aromatic rings. The third-order valence-corrected chi connectivity index (χ3v) is 9.58. The van der Waals surface area contributed by atoms with Gasteiger partial charge in [0.15, 0.2) is 0 Å². The average Bonchev–Trinajstić information content (AvgIpc) is 3.41. The van der Waals surface area contributed by atoms with E-state index in [1.165, 1.54) is 39.0 Å². The van der Waals surface area contributed by atoms with Crippen LogP contribution in [-0.4, -0.2) is 73.6 Å². The minimum atomic E-state index is 0.406. The fraction of sp³-hybridized carbons (Fsp3) is 0.375. The third kappa shape index (κ3) is 5.06. The molecule has 2 fully saturated rings. The molecule has 3 aromatic heterocycles. The molecule has 216 valence electrons. The first-order valence-electron chi connectivity index (χ1n) is 14.8. The number of likely N-dealkylation sites (N-methyl/N-ethyl adjacent to an activating group) is 1. The number of hydrogen-bond donors (Lipinski definition) is 2. The number of fused-ring (bicyclic) bond motifs is 2. The molecule has 0 spiro atoms. The van der Waals surface area contributed by atoms with Gasteiger partial charge < -0.3 is 20.5 Å². The van der Waals surface area contributed by atoms with E-state index in [0.717, 1.165) is 57.2 Å². The van der Waals surface area contributed by atoms with Crippen molar-refractivity contribution in [1.29, 1.82) is 0 Å². The molecule has 1 aliphatic carbocycles. The normalized spacial score (nSPS) is 20.4. The third-order valence-electron chi connectivity index (χ3n) is 9.17. The van der Waals surface area contributed by atoms with Crippen LogP contribution in [0.1, 0.15) is 37.3 Å². The van der Waals surface area contributed by atoms with Gasteiger partial charge in [0, 0.05) is 72.3 Å². The van der Waals surface area contributed by atoms with E-state index in [4.69, 9.17) is 22.3 Å². The van der Waals surface area contributed by atoms with Crippen LogP contribution in [0.15, 0.2) is 55.1 Å². The summed E-state index contributed by atoms with van der Waals surface area (Å²) in [5, 5.41) is 5.92. The van der Waals surface area contributed by atoms with Crippen molar-refractivity contribution in [1.82, 2.24) is 34.3 Å².